The molecule has 0 saturated heterocycles. The second-order valence-corrected chi connectivity index (χ2v) is 4.97. The van der Waals surface area contributed by atoms with E-state index in [4.69, 9.17) is 9.16 Å². The molecule has 0 amide bonds. The first-order valence-electron chi connectivity index (χ1n) is 6.56. The van der Waals surface area contributed by atoms with Gasteiger partial charge in [0.1, 0.15) is 10.5 Å². The van der Waals surface area contributed by atoms with Gasteiger partial charge < -0.3 is 9.16 Å². The number of carbonyl (C=O) groups excluding carboxylic acids is 1. The number of carbonyl (C=O) groups is 1. The molecule has 0 aromatic heterocycles. The van der Waals surface area contributed by atoms with Gasteiger partial charge in [0.05, 0.1) is 6.61 Å². The van der Waals surface area contributed by atoms with Crippen molar-refractivity contribution in [2.45, 2.75) is 32.3 Å². The maximum atomic E-state index is 10.9. The predicted octanol–water partition coefficient (Wildman–Crippen LogP) is 1.58. The zero-order chi connectivity index (χ0) is 14.1. The fourth-order valence-electron chi connectivity index (χ4n) is 1.89. The smallest absolute Gasteiger partial charge is 0.330 e. The average molecular weight is 278 g/mol. The van der Waals surface area contributed by atoms with Crippen LogP contribution in [0.25, 0.3) is 0 Å². The van der Waals surface area contributed by atoms with E-state index in [2.05, 4.69) is 31.7 Å². The molecule has 0 fully saturated rings. The minimum Gasteiger partial charge on any atom is -0.463 e. The maximum absolute atomic E-state index is 10.9. The lowest BCUT2D eigenvalue weighted by Gasteiger charge is -2.14. The lowest BCUT2D eigenvalue weighted by atomic mass is 9.99. The van der Waals surface area contributed by atoms with E-state index in [-0.39, 0.29) is 12.1 Å². The molecule has 0 N–H and O–H groups in total. The summed E-state index contributed by atoms with van der Waals surface area (Å²) >= 11 is 0. The topological polar surface area (TPSA) is 35.5 Å². The molecule has 0 aliphatic heterocycles. The van der Waals surface area contributed by atoms with E-state index in [1.54, 1.807) is 0 Å². The highest BCUT2D eigenvalue weighted by molar-refractivity contribution is 5.98. The molecule has 0 heterocycles. The third-order valence-corrected chi connectivity index (χ3v) is 3.83. The average Bonchev–Trinajstić information content (AvgIpc) is 2.44. The van der Waals surface area contributed by atoms with Gasteiger partial charge in [0.25, 0.3) is 0 Å². The van der Waals surface area contributed by atoms with Crippen LogP contribution in [0.4, 0.5) is 0 Å². The molecular formula is C15H22O3Si. The molecule has 0 radical (unpaired) electrons. The van der Waals surface area contributed by atoms with Gasteiger partial charge in [-0.1, -0.05) is 30.8 Å². The second kappa shape index (κ2) is 8.66. The number of hydrogen-bond acceptors (Lipinski definition) is 3. The number of ether oxygens (including phenoxy) is 1. The van der Waals surface area contributed by atoms with Crippen LogP contribution in [-0.2, 0) is 26.8 Å². The van der Waals surface area contributed by atoms with E-state index >= 15 is 0 Å². The van der Waals surface area contributed by atoms with Gasteiger partial charge in [0.15, 0.2) is 0 Å². The van der Waals surface area contributed by atoms with Crippen LogP contribution in [0.15, 0.2) is 36.9 Å². The summed E-state index contributed by atoms with van der Waals surface area (Å²) in [4.78, 5) is 10.9. The number of hydrogen-bond donors (Lipinski definition) is 0. The highest BCUT2D eigenvalue weighted by atomic mass is 28.2. The molecule has 0 aliphatic carbocycles. The molecule has 1 rings (SSSR count). The second-order valence-electron chi connectivity index (χ2n) is 4.49. The molecule has 0 saturated carbocycles. The van der Waals surface area contributed by atoms with Crippen LogP contribution < -0.4 is 0 Å². The molecule has 1 aromatic rings. The molecule has 1 aromatic carbocycles. The molecule has 1 unspecified atom stereocenters. The summed E-state index contributed by atoms with van der Waals surface area (Å²) in [6.07, 6.45) is 4.14. The molecule has 4 heteroatoms. The SMILES string of the molecule is C=CC(=O)OCCCc1ccccc1CC(C)O[SiH3]. The van der Waals surface area contributed by atoms with Crippen LogP contribution in [0.3, 0.4) is 0 Å². The Balaban J connectivity index is 2.48. The Morgan fingerprint density at radius 1 is 1.42 bits per heavy atom. The van der Waals surface area contributed by atoms with Crippen LogP contribution in [0, 0.1) is 0 Å². The first-order chi connectivity index (χ1) is 9.17. The minimum absolute atomic E-state index is 0.270. The zero-order valence-corrected chi connectivity index (χ0v) is 13.7. The van der Waals surface area contributed by atoms with E-state index in [1.165, 1.54) is 17.2 Å². The summed E-state index contributed by atoms with van der Waals surface area (Å²) in [5.41, 5.74) is 2.63. The third kappa shape index (κ3) is 5.85. The summed E-state index contributed by atoms with van der Waals surface area (Å²) in [7, 11) is 0.766. The van der Waals surface area contributed by atoms with E-state index in [9.17, 15) is 4.79 Å². The van der Waals surface area contributed by atoms with E-state index < -0.39 is 0 Å². The van der Waals surface area contributed by atoms with Gasteiger partial charge in [-0.15, -0.1) is 0 Å². The molecule has 0 bridgehead atoms. The first-order valence-corrected chi connectivity index (χ1v) is 7.37. The van der Waals surface area contributed by atoms with Crippen LogP contribution in [0.5, 0.6) is 0 Å². The fraction of sp³-hybridized carbons (Fsp3) is 0.400. The van der Waals surface area contributed by atoms with Crippen molar-refractivity contribution in [3.63, 3.8) is 0 Å². The normalized spacial score (nSPS) is 12.1. The first kappa shape index (κ1) is 15.7. The number of rotatable bonds is 8. The van der Waals surface area contributed by atoms with E-state index in [0.717, 1.165) is 29.7 Å². The van der Waals surface area contributed by atoms with Gasteiger partial charge >= 0.3 is 5.97 Å². The van der Waals surface area contributed by atoms with Crippen LogP contribution in [0.1, 0.15) is 24.5 Å². The van der Waals surface area contributed by atoms with Crippen molar-refractivity contribution in [2.75, 3.05) is 6.61 Å². The molecule has 104 valence electrons. The lowest BCUT2D eigenvalue weighted by molar-refractivity contribution is -0.137. The minimum atomic E-state index is -0.355. The van der Waals surface area contributed by atoms with E-state index in [1.807, 2.05) is 6.07 Å². The molecule has 0 spiro atoms. The Hall–Kier alpha value is -1.39. The third-order valence-electron chi connectivity index (χ3n) is 3.03. The van der Waals surface area contributed by atoms with Crippen molar-refractivity contribution in [3.05, 3.63) is 48.0 Å². The van der Waals surface area contributed by atoms with Crippen molar-refractivity contribution in [1.82, 2.24) is 0 Å². The number of benzene rings is 1. The van der Waals surface area contributed by atoms with Gasteiger partial charge in [-0.2, -0.15) is 0 Å². The van der Waals surface area contributed by atoms with Crippen LogP contribution >= 0.6 is 0 Å². The Morgan fingerprint density at radius 2 is 2.11 bits per heavy atom. The molecular weight excluding hydrogens is 256 g/mol. The van der Waals surface area contributed by atoms with Crippen LogP contribution in [0.2, 0.25) is 0 Å². The molecule has 19 heavy (non-hydrogen) atoms. The van der Waals surface area contributed by atoms with Crippen LogP contribution in [-0.4, -0.2) is 29.2 Å². The maximum Gasteiger partial charge on any atom is 0.330 e. The van der Waals surface area contributed by atoms with Gasteiger partial charge in [-0.25, -0.2) is 4.79 Å². The summed E-state index contributed by atoms with van der Waals surface area (Å²) in [6.45, 7) is 5.90. The highest BCUT2D eigenvalue weighted by Gasteiger charge is 2.06. The van der Waals surface area contributed by atoms with Gasteiger partial charge in [-0.3, -0.25) is 0 Å². The number of esters is 1. The molecule has 3 nitrogen and oxygen atoms in total. The van der Waals surface area contributed by atoms with Crippen molar-refractivity contribution < 1.29 is 14.0 Å². The lowest BCUT2D eigenvalue weighted by Crippen LogP contribution is -2.11. The molecule has 0 aliphatic rings. The largest absolute Gasteiger partial charge is 0.463 e. The highest BCUT2D eigenvalue weighted by Crippen LogP contribution is 2.14. The van der Waals surface area contributed by atoms with Crippen molar-refractivity contribution >= 4 is 16.5 Å². The van der Waals surface area contributed by atoms with Crippen molar-refractivity contribution in [2.24, 2.45) is 0 Å². The predicted molar refractivity (Wildman–Crippen MR) is 80.1 cm³/mol. The fourth-order valence-corrected chi connectivity index (χ4v) is 2.05. The van der Waals surface area contributed by atoms with Gasteiger partial charge in [0, 0.05) is 12.2 Å². The summed E-state index contributed by atoms with van der Waals surface area (Å²) in [5.74, 6) is -0.355. The van der Waals surface area contributed by atoms with E-state index in [0.29, 0.717) is 6.61 Å². The number of aryl methyl sites for hydroxylation is 1. The quantitative estimate of drug-likeness (QED) is 0.313. The Kier molecular flexibility index (Phi) is 7.14. The van der Waals surface area contributed by atoms with Gasteiger partial charge in [0.2, 0.25) is 0 Å². The zero-order valence-electron chi connectivity index (χ0n) is 11.7. The summed E-state index contributed by atoms with van der Waals surface area (Å²) in [5, 5.41) is 0. The molecule has 1 atom stereocenters. The Morgan fingerprint density at radius 3 is 2.74 bits per heavy atom. The summed E-state index contributed by atoms with van der Waals surface area (Å²) in [6, 6.07) is 8.36. The van der Waals surface area contributed by atoms with Gasteiger partial charge in [-0.05, 0) is 37.3 Å². The standard InChI is InChI=1S/C15H22O3Si/c1-3-15(16)17-10-6-9-13-7-4-5-8-14(13)11-12(2)18-19/h3-5,7-8,12H,1,6,9-11H2,2,19H3. The monoisotopic (exact) mass is 278 g/mol. The Labute approximate surface area is 118 Å². The van der Waals surface area contributed by atoms with Crippen molar-refractivity contribution in [3.8, 4) is 0 Å². The Bertz CT molecular complexity index is 418. The van der Waals surface area contributed by atoms with Crippen molar-refractivity contribution in [1.29, 1.82) is 0 Å². The summed E-state index contributed by atoms with van der Waals surface area (Å²) < 4.78 is 10.4.